The molecule has 2 atom stereocenters. The van der Waals surface area contributed by atoms with Crippen molar-refractivity contribution in [1.29, 1.82) is 0 Å². The van der Waals surface area contributed by atoms with E-state index in [-0.39, 0.29) is 56.1 Å². The zero-order valence-electron chi connectivity index (χ0n) is 18.9. The third-order valence-electron chi connectivity index (χ3n) is 5.65. The highest BCUT2D eigenvalue weighted by Crippen LogP contribution is 2.31. The molecule has 0 spiro atoms. The molecule has 2 aliphatic rings. The second-order valence-electron chi connectivity index (χ2n) is 7.80. The van der Waals surface area contributed by atoms with Crippen molar-refractivity contribution in [3.63, 3.8) is 0 Å². The number of nitrogens with one attached hydrogen (secondary N) is 2. The van der Waals surface area contributed by atoms with Gasteiger partial charge in [0.1, 0.15) is 11.8 Å². The van der Waals surface area contributed by atoms with Crippen LogP contribution in [0.5, 0.6) is 0 Å². The van der Waals surface area contributed by atoms with E-state index >= 15 is 0 Å². The van der Waals surface area contributed by atoms with Crippen LogP contribution in [0.4, 0.5) is 29.7 Å². The van der Waals surface area contributed by atoms with Crippen molar-refractivity contribution < 1.29 is 32.6 Å². The number of ether oxygens (including phenoxy) is 2. The van der Waals surface area contributed by atoms with Gasteiger partial charge in [-0.25, -0.2) is 18.4 Å². The third-order valence-corrected chi connectivity index (χ3v) is 5.65. The normalized spacial score (nSPS) is 19.4. The van der Waals surface area contributed by atoms with E-state index in [1.54, 1.807) is 30.7 Å². The molecule has 2 fully saturated rings. The number of nitrogens with zero attached hydrogens (tertiary/aromatic N) is 3. The fourth-order valence-corrected chi connectivity index (χ4v) is 3.78. The first kappa shape index (κ1) is 24.5. The van der Waals surface area contributed by atoms with E-state index in [0.29, 0.717) is 13.1 Å². The summed E-state index contributed by atoms with van der Waals surface area (Å²) in [7, 11) is 1.69. The first-order valence-corrected chi connectivity index (χ1v) is 10.8. The third kappa shape index (κ3) is 5.62. The van der Waals surface area contributed by atoms with Gasteiger partial charge in [-0.05, 0) is 20.9 Å². The molecule has 2 N–H and O–H groups in total. The molecule has 0 aliphatic carbocycles. The number of alkyl carbamates (subject to hydrolysis) is 1. The van der Waals surface area contributed by atoms with Gasteiger partial charge in [-0.15, -0.1) is 0 Å². The molecule has 2 unspecified atom stereocenters. The number of carbonyl (C=O) groups is 3. The highest BCUT2D eigenvalue weighted by Gasteiger charge is 2.34. The summed E-state index contributed by atoms with van der Waals surface area (Å²) in [4.78, 5) is 40.2. The molecule has 2 aliphatic heterocycles. The molecule has 182 valence electrons. The van der Waals surface area contributed by atoms with Gasteiger partial charge in [-0.2, -0.15) is 0 Å². The standard InChI is InChI=1S/C21H29F2N5O5/c1-4-32-20(30)25-11-15-12-28(21(31)33-15)14-9-16(22)18(17(23)10-14)26-5-7-27(8-6-26)19(29)13(2)24-3/h9-10,13,15,24H,4-8,11-12H2,1-3H3,(H,25,30). The molecule has 3 amide bonds. The van der Waals surface area contributed by atoms with Gasteiger partial charge in [0.15, 0.2) is 11.6 Å². The molecule has 2 saturated heterocycles. The van der Waals surface area contributed by atoms with Gasteiger partial charge in [0.2, 0.25) is 5.91 Å². The van der Waals surface area contributed by atoms with Crippen LogP contribution >= 0.6 is 0 Å². The fourth-order valence-electron chi connectivity index (χ4n) is 3.78. The summed E-state index contributed by atoms with van der Waals surface area (Å²) in [6.07, 6.45) is -2.09. The number of anilines is 2. The number of hydrogen-bond donors (Lipinski definition) is 2. The van der Waals surface area contributed by atoms with Crippen molar-refractivity contribution in [2.24, 2.45) is 0 Å². The van der Waals surface area contributed by atoms with Crippen LogP contribution in [0.25, 0.3) is 0 Å². The second kappa shape index (κ2) is 10.6. The molecular weight excluding hydrogens is 440 g/mol. The molecule has 33 heavy (non-hydrogen) atoms. The molecule has 3 rings (SSSR count). The highest BCUT2D eigenvalue weighted by atomic mass is 19.1. The zero-order valence-corrected chi connectivity index (χ0v) is 18.9. The number of likely N-dealkylation sites (N-methyl/N-ethyl adjacent to an activating group) is 1. The summed E-state index contributed by atoms with van der Waals surface area (Å²) in [6.45, 7) is 4.91. The molecule has 12 heteroatoms. The van der Waals surface area contributed by atoms with Crippen molar-refractivity contribution in [1.82, 2.24) is 15.5 Å². The topological polar surface area (TPSA) is 103 Å². The number of carbonyl (C=O) groups excluding carboxylic acids is 3. The van der Waals surface area contributed by atoms with Crippen LogP contribution in [-0.2, 0) is 14.3 Å². The van der Waals surface area contributed by atoms with Gasteiger partial charge in [-0.1, -0.05) is 0 Å². The summed E-state index contributed by atoms with van der Waals surface area (Å²) in [5.74, 6) is -1.68. The fraction of sp³-hybridized carbons (Fsp3) is 0.571. The molecule has 0 bridgehead atoms. The minimum Gasteiger partial charge on any atom is -0.450 e. The van der Waals surface area contributed by atoms with Crippen LogP contribution in [0.3, 0.4) is 0 Å². The van der Waals surface area contributed by atoms with Crippen LogP contribution in [0.2, 0.25) is 0 Å². The lowest BCUT2D eigenvalue weighted by molar-refractivity contribution is -0.133. The number of piperazine rings is 1. The van der Waals surface area contributed by atoms with Gasteiger partial charge < -0.3 is 29.9 Å². The van der Waals surface area contributed by atoms with Gasteiger partial charge in [0.25, 0.3) is 0 Å². The lowest BCUT2D eigenvalue weighted by Crippen LogP contribution is -2.53. The van der Waals surface area contributed by atoms with Crippen molar-refractivity contribution in [2.45, 2.75) is 26.0 Å². The smallest absolute Gasteiger partial charge is 0.414 e. The number of benzene rings is 1. The first-order chi connectivity index (χ1) is 15.7. The van der Waals surface area contributed by atoms with Crippen LogP contribution in [0.15, 0.2) is 12.1 Å². The number of amides is 3. The van der Waals surface area contributed by atoms with E-state index in [4.69, 9.17) is 9.47 Å². The summed E-state index contributed by atoms with van der Waals surface area (Å²) < 4.78 is 39.8. The summed E-state index contributed by atoms with van der Waals surface area (Å²) in [6, 6.07) is 1.84. The predicted molar refractivity (Wildman–Crippen MR) is 116 cm³/mol. The Balaban J connectivity index is 1.64. The average Bonchev–Trinajstić information content (AvgIpc) is 3.17. The van der Waals surface area contributed by atoms with Gasteiger partial charge in [0, 0.05) is 38.3 Å². The molecule has 0 radical (unpaired) electrons. The van der Waals surface area contributed by atoms with Crippen molar-refractivity contribution >= 4 is 29.5 Å². The maximum atomic E-state index is 14.9. The lowest BCUT2D eigenvalue weighted by atomic mass is 10.2. The predicted octanol–water partition coefficient (Wildman–Crippen LogP) is 1.29. The summed E-state index contributed by atoms with van der Waals surface area (Å²) >= 11 is 0. The van der Waals surface area contributed by atoms with E-state index in [2.05, 4.69) is 10.6 Å². The Hall–Kier alpha value is -3.15. The number of halogens is 2. The highest BCUT2D eigenvalue weighted by molar-refractivity contribution is 5.90. The van der Waals surface area contributed by atoms with Crippen LogP contribution in [0, 0.1) is 11.6 Å². The quantitative estimate of drug-likeness (QED) is 0.620. The SMILES string of the molecule is CCOC(=O)NCC1CN(c2cc(F)c(N3CCN(C(=O)C(C)NC)CC3)c(F)c2)C(=O)O1. The van der Waals surface area contributed by atoms with E-state index < -0.39 is 29.9 Å². The van der Waals surface area contributed by atoms with Gasteiger partial charge >= 0.3 is 12.2 Å². The van der Waals surface area contributed by atoms with Crippen molar-refractivity contribution in [3.05, 3.63) is 23.8 Å². The van der Waals surface area contributed by atoms with Gasteiger partial charge in [0.05, 0.1) is 31.4 Å². The second-order valence-corrected chi connectivity index (χ2v) is 7.80. The Bertz CT molecular complexity index is 871. The Kier molecular flexibility index (Phi) is 7.90. The molecule has 10 nitrogen and oxygen atoms in total. The monoisotopic (exact) mass is 469 g/mol. The number of hydrogen-bond acceptors (Lipinski definition) is 7. The van der Waals surface area contributed by atoms with E-state index in [9.17, 15) is 23.2 Å². The van der Waals surface area contributed by atoms with E-state index in [1.807, 2.05) is 0 Å². The first-order valence-electron chi connectivity index (χ1n) is 10.8. The van der Waals surface area contributed by atoms with Crippen LogP contribution in [0.1, 0.15) is 13.8 Å². The Labute approximate surface area is 190 Å². The van der Waals surface area contributed by atoms with E-state index in [1.165, 1.54) is 0 Å². The van der Waals surface area contributed by atoms with Crippen LogP contribution in [-0.4, -0.2) is 88.1 Å². The van der Waals surface area contributed by atoms with Crippen molar-refractivity contribution in [2.75, 3.05) is 62.7 Å². The van der Waals surface area contributed by atoms with E-state index in [0.717, 1.165) is 17.0 Å². The zero-order chi connectivity index (χ0) is 24.1. The molecular formula is C21H29F2N5O5. The molecule has 1 aromatic carbocycles. The summed E-state index contributed by atoms with van der Waals surface area (Å²) in [5.41, 5.74) is -0.172. The van der Waals surface area contributed by atoms with Gasteiger partial charge in [-0.3, -0.25) is 9.69 Å². The average molecular weight is 469 g/mol. The minimum atomic E-state index is -0.811. The number of rotatable bonds is 7. The summed E-state index contributed by atoms with van der Waals surface area (Å²) in [5, 5.41) is 5.35. The maximum absolute atomic E-state index is 14.9. The maximum Gasteiger partial charge on any atom is 0.414 e. The Morgan fingerprint density at radius 1 is 1.21 bits per heavy atom. The number of cyclic esters (lactones) is 1. The molecule has 1 aromatic rings. The largest absolute Gasteiger partial charge is 0.450 e. The molecule has 0 aromatic heterocycles. The lowest BCUT2D eigenvalue weighted by Gasteiger charge is -2.37. The minimum absolute atomic E-state index is 0.0132. The Morgan fingerprint density at radius 3 is 2.42 bits per heavy atom. The Morgan fingerprint density at radius 2 is 1.85 bits per heavy atom. The molecule has 0 saturated carbocycles. The van der Waals surface area contributed by atoms with Crippen LogP contribution < -0.4 is 20.4 Å². The molecule has 2 heterocycles. The van der Waals surface area contributed by atoms with Crippen molar-refractivity contribution in [3.8, 4) is 0 Å².